The molecule has 1 N–H and O–H groups in total. The first-order valence-electron chi connectivity index (χ1n) is 10.1. The Morgan fingerprint density at radius 2 is 1.94 bits per heavy atom. The molecule has 0 fully saturated rings. The zero-order valence-corrected chi connectivity index (χ0v) is 17.6. The second kappa shape index (κ2) is 8.60. The number of ether oxygens (including phenoxy) is 1. The van der Waals surface area contributed by atoms with E-state index in [0.29, 0.717) is 16.8 Å². The lowest BCUT2D eigenvalue weighted by atomic mass is 9.95. The number of pyridine rings is 1. The molecule has 1 atom stereocenters. The number of aliphatic hydroxyl groups is 1. The van der Waals surface area contributed by atoms with Crippen molar-refractivity contribution in [3.8, 4) is 11.3 Å². The van der Waals surface area contributed by atoms with Crippen LogP contribution in [0.1, 0.15) is 40.1 Å². The van der Waals surface area contributed by atoms with E-state index < -0.39 is 17.0 Å². The topological polar surface area (TPSA) is 107 Å². The fraction of sp³-hybridized carbons (Fsp3) is 0.167. The Balaban J connectivity index is 1.93. The van der Waals surface area contributed by atoms with E-state index in [2.05, 4.69) is 5.10 Å². The van der Waals surface area contributed by atoms with Crippen LogP contribution in [0.25, 0.3) is 16.8 Å². The molecule has 2 aromatic carbocycles. The number of hydrogen-bond donors (Lipinski definition) is 1. The predicted molar refractivity (Wildman–Crippen MR) is 118 cm³/mol. The fourth-order valence-corrected chi connectivity index (χ4v) is 3.65. The van der Waals surface area contributed by atoms with E-state index in [1.807, 2.05) is 55.6 Å². The number of fused-ring (bicyclic) bond motifs is 1. The summed E-state index contributed by atoms with van der Waals surface area (Å²) >= 11 is 0. The number of rotatable bonds is 6. The minimum atomic E-state index is -1.27. The zero-order valence-electron chi connectivity index (χ0n) is 17.6. The summed E-state index contributed by atoms with van der Waals surface area (Å²) in [6.07, 6.45) is 0.577. The van der Waals surface area contributed by atoms with Gasteiger partial charge in [0.15, 0.2) is 0 Å². The fourth-order valence-electron chi connectivity index (χ4n) is 3.65. The van der Waals surface area contributed by atoms with Gasteiger partial charge in [-0.05, 0) is 37.1 Å². The lowest BCUT2D eigenvalue weighted by Crippen LogP contribution is -2.09. The molecule has 4 aromatic rings. The number of carbonyl (C=O) groups excluding carboxylic acids is 1. The normalized spacial score (nSPS) is 12.0. The van der Waals surface area contributed by atoms with Gasteiger partial charge in [0.25, 0.3) is 5.69 Å². The number of benzene rings is 2. The maximum atomic E-state index is 12.3. The average Bonchev–Trinajstić information content (AvgIpc) is 3.17. The summed E-state index contributed by atoms with van der Waals surface area (Å²) in [5.74, 6) is -0.691. The highest BCUT2D eigenvalue weighted by molar-refractivity contribution is 5.90. The van der Waals surface area contributed by atoms with Crippen LogP contribution in [0.4, 0.5) is 5.69 Å². The van der Waals surface area contributed by atoms with Crippen molar-refractivity contribution in [3.05, 3.63) is 99.2 Å². The van der Waals surface area contributed by atoms with E-state index >= 15 is 0 Å². The number of nitro benzene ring substituents is 1. The minimum Gasteiger partial charge on any atom is -0.462 e. The van der Waals surface area contributed by atoms with E-state index in [1.54, 1.807) is 11.4 Å². The SMILES string of the molecule is CCOC(=O)c1cc(C(O)c2c(-c3ccccc3)nn3cc(C)ccc23)cc([N+](=O)[O-])c1. The van der Waals surface area contributed by atoms with Crippen LogP contribution in [0.3, 0.4) is 0 Å². The molecule has 1 unspecified atom stereocenters. The van der Waals surface area contributed by atoms with E-state index in [0.717, 1.165) is 17.2 Å². The molecule has 0 spiro atoms. The number of hydrogen-bond acceptors (Lipinski definition) is 6. The summed E-state index contributed by atoms with van der Waals surface area (Å²) in [6.45, 7) is 3.72. The van der Waals surface area contributed by atoms with E-state index in [-0.39, 0.29) is 23.4 Å². The van der Waals surface area contributed by atoms with E-state index in [1.165, 1.54) is 12.1 Å². The molecule has 0 bridgehead atoms. The molecule has 0 radical (unpaired) electrons. The molecule has 2 heterocycles. The third kappa shape index (κ3) is 3.95. The summed E-state index contributed by atoms with van der Waals surface area (Å²) in [5, 5.41) is 27.6. The van der Waals surface area contributed by atoms with Crippen LogP contribution >= 0.6 is 0 Å². The molecule has 0 saturated heterocycles. The molecule has 162 valence electrons. The summed E-state index contributed by atoms with van der Waals surface area (Å²) in [6, 6.07) is 16.9. The number of non-ortho nitro benzene ring substituents is 1. The van der Waals surface area contributed by atoms with Crippen LogP contribution in [0.5, 0.6) is 0 Å². The van der Waals surface area contributed by atoms with E-state index in [4.69, 9.17) is 4.74 Å². The van der Waals surface area contributed by atoms with Gasteiger partial charge in [0.2, 0.25) is 0 Å². The molecule has 0 amide bonds. The third-order valence-corrected chi connectivity index (χ3v) is 5.11. The summed E-state index contributed by atoms with van der Waals surface area (Å²) < 4.78 is 6.69. The van der Waals surface area contributed by atoms with Crippen molar-refractivity contribution in [2.45, 2.75) is 20.0 Å². The summed E-state index contributed by atoms with van der Waals surface area (Å²) in [5.41, 5.74) is 3.38. The first-order chi connectivity index (χ1) is 15.4. The number of aromatic nitrogens is 2. The maximum Gasteiger partial charge on any atom is 0.338 e. The van der Waals surface area contributed by atoms with Gasteiger partial charge in [0.05, 0.1) is 28.3 Å². The van der Waals surface area contributed by atoms with Crippen molar-refractivity contribution >= 4 is 17.2 Å². The van der Waals surface area contributed by atoms with Crippen LogP contribution < -0.4 is 0 Å². The first-order valence-corrected chi connectivity index (χ1v) is 10.1. The van der Waals surface area contributed by atoms with Crippen LogP contribution in [0.15, 0.2) is 66.9 Å². The van der Waals surface area contributed by atoms with E-state index in [9.17, 15) is 20.0 Å². The smallest absolute Gasteiger partial charge is 0.338 e. The van der Waals surface area contributed by atoms with Gasteiger partial charge in [-0.25, -0.2) is 9.31 Å². The lowest BCUT2D eigenvalue weighted by molar-refractivity contribution is -0.385. The Morgan fingerprint density at radius 3 is 2.62 bits per heavy atom. The second-order valence-corrected chi connectivity index (χ2v) is 7.36. The molecule has 8 nitrogen and oxygen atoms in total. The Hall–Kier alpha value is -4.04. The van der Waals surface area contributed by atoms with Crippen molar-refractivity contribution in [1.82, 2.24) is 9.61 Å². The number of nitrogens with zero attached hydrogens (tertiary/aromatic N) is 3. The van der Waals surface area contributed by atoms with Gasteiger partial charge in [-0.15, -0.1) is 0 Å². The van der Waals surface area contributed by atoms with Crippen molar-refractivity contribution < 1.29 is 19.6 Å². The summed E-state index contributed by atoms with van der Waals surface area (Å²) in [4.78, 5) is 23.2. The lowest BCUT2D eigenvalue weighted by Gasteiger charge is -2.14. The van der Waals surface area contributed by atoms with Crippen LogP contribution in [-0.4, -0.2) is 32.2 Å². The van der Waals surface area contributed by atoms with Crippen molar-refractivity contribution in [2.75, 3.05) is 6.61 Å². The van der Waals surface area contributed by atoms with Crippen molar-refractivity contribution in [3.63, 3.8) is 0 Å². The largest absolute Gasteiger partial charge is 0.462 e. The molecule has 8 heteroatoms. The highest BCUT2D eigenvalue weighted by atomic mass is 16.6. The third-order valence-electron chi connectivity index (χ3n) is 5.11. The molecule has 0 aliphatic carbocycles. The number of aliphatic hydroxyl groups excluding tert-OH is 1. The quantitative estimate of drug-likeness (QED) is 0.274. The molecule has 2 aromatic heterocycles. The number of carbonyl (C=O) groups is 1. The van der Waals surface area contributed by atoms with Gasteiger partial charge < -0.3 is 9.84 Å². The number of nitro groups is 1. The highest BCUT2D eigenvalue weighted by Gasteiger charge is 2.26. The van der Waals surface area contributed by atoms with Gasteiger partial charge in [-0.1, -0.05) is 36.4 Å². The Kier molecular flexibility index (Phi) is 5.70. The molecule has 0 saturated carbocycles. The van der Waals surface area contributed by atoms with Crippen LogP contribution in [0.2, 0.25) is 0 Å². The monoisotopic (exact) mass is 431 g/mol. The minimum absolute atomic E-state index is 0.00341. The Labute approximate surface area is 183 Å². The molecule has 4 rings (SSSR count). The molecular formula is C24H21N3O5. The Bertz CT molecular complexity index is 1310. The highest BCUT2D eigenvalue weighted by Crippen LogP contribution is 2.36. The standard InChI is InChI=1S/C24H21N3O5/c1-3-32-24(29)18-11-17(12-19(13-18)27(30)31)23(28)21-20-10-9-15(2)14-26(20)25-22(21)16-7-5-4-6-8-16/h4-14,23,28H,3H2,1-2H3. The molecular weight excluding hydrogens is 410 g/mol. The molecule has 32 heavy (non-hydrogen) atoms. The second-order valence-electron chi connectivity index (χ2n) is 7.36. The average molecular weight is 431 g/mol. The number of esters is 1. The van der Waals surface area contributed by atoms with Gasteiger partial charge in [-0.2, -0.15) is 5.10 Å². The molecule has 0 aliphatic heterocycles. The summed E-state index contributed by atoms with van der Waals surface area (Å²) in [7, 11) is 0. The maximum absolute atomic E-state index is 12.3. The van der Waals surface area contributed by atoms with Crippen LogP contribution in [-0.2, 0) is 4.74 Å². The first kappa shape index (κ1) is 21.2. The predicted octanol–water partition coefficient (Wildman–Crippen LogP) is 4.48. The van der Waals surface area contributed by atoms with Gasteiger partial charge in [-0.3, -0.25) is 10.1 Å². The van der Waals surface area contributed by atoms with Gasteiger partial charge in [0, 0.05) is 29.5 Å². The van der Waals surface area contributed by atoms with Gasteiger partial charge in [0.1, 0.15) is 6.10 Å². The molecule has 0 aliphatic rings. The van der Waals surface area contributed by atoms with Gasteiger partial charge >= 0.3 is 5.97 Å². The van der Waals surface area contributed by atoms with Crippen LogP contribution in [0, 0.1) is 17.0 Å². The van der Waals surface area contributed by atoms with Crippen molar-refractivity contribution in [1.29, 1.82) is 0 Å². The van der Waals surface area contributed by atoms with Crippen molar-refractivity contribution in [2.24, 2.45) is 0 Å². The Morgan fingerprint density at radius 1 is 1.19 bits per heavy atom. The zero-order chi connectivity index (χ0) is 22.8. The number of aryl methyl sites for hydroxylation is 1.